The summed E-state index contributed by atoms with van der Waals surface area (Å²) in [4.78, 5) is 2.29. The Hall–Kier alpha value is -1.67. The fourth-order valence-corrected chi connectivity index (χ4v) is 3.01. The summed E-state index contributed by atoms with van der Waals surface area (Å²) in [5, 5.41) is 0.716. The number of nitrogens with two attached hydrogens (primary N) is 1. The molecule has 0 atom stereocenters. The SMILES string of the molecule is Cc1ccc2c(c1)CCCN2c1ccc(N)cc1Cl. The van der Waals surface area contributed by atoms with Gasteiger partial charge in [-0.1, -0.05) is 29.3 Å². The first-order valence-corrected chi connectivity index (χ1v) is 6.95. The third-order valence-corrected chi connectivity index (χ3v) is 3.92. The van der Waals surface area contributed by atoms with E-state index in [0.29, 0.717) is 10.7 Å². The second kappa shape index (κ2) is 4.78. The second-order valence-electron chi connectivity index (χ2n) is 5.10. The molecule has 98 valence electrons. The van der Waals surface area contributed by atoms with Crippen molar-refractivity contribution in [1.82, 2.24) is 0 Å². The Labute approximate surface area is 118 Å². The Morgan fingerprint density at radius 3 is 2.68 bits per heavy atom. The maximum Gasteiger partial charge on any atom is 0.0663 e. The van der Waals surface area contributed by atoms with Gasteiger partial charge >= 0.3 is 0 Å². The molecule has 1 heterocycles. The number of halogens is 1. The van der Waals surface area contributed by atoms with Gasteiger partial charge in [-0.25, -0.2) is 0 Å². The molecule has 0 radical (unpaired) electrons. The molecule has 0 aromatic heterocycles. The van der Waals surface area contributed by atoms with Crippen LogP contribution < -0.4 is 10.6 Å². The molecule has 0 saturated carbocycles. The normalized spacial score (nSPS) is 14.3. The smallest absolute Gasteiger partial charge is 0.0663 e. The fraction of sp³-hybridized carbons (Fsp3) is 0.250. The molecular weight excluding hydrogens is 256 g/mol. The summed E-state index contributed by atoms with van der Waals surface area (Å²) in [6.45, 7) is 3.13. The lowest BCUT2D eigenvalue weighted by Crippen LogP contribution is -2.24. The molecule has 2 nitrogen and oxygen atoms in total. The van der Waals surface area contributed by atoms with E-state index < -0.39 is 0 Å². The van der Waals surface area contributed by atoms with Crippen LogP contribution in [0.3, 0.4) is 0 Å². The fourth-order valence-electron chi connectivity index (χ4n) is 2.72. The molecule has 1 aliphatic rings. The molecule has 2 N–H and O–H groups in total. The summed E-state index contributed by atoms with van der Waals surface area (Å²) in [5.74, 6) is 0. The van der Waals surface area contributed by atoms with Crippen molar-refractivity contribution < 1.29 is 0 Å². The van der Waals surface area contributed by atoms with E-state index >= 15 is 0 Å². The summed E-state index contributed by atoms with van der Waals surface area (Å²) in [6, 6.07) is 12.3. The molecule has 2 aromatic carbocycles. The predicted molar refractivity (Wildman–Crippen MR) is 82.4 cm³/mol. The molecule has 0 saturated heterocycles. The number of nitrogens with zero attached hydrogens (tertiary/aromatic N) is 1. The minimum absolute atomic E-state index is 0.704. The van der Waals surface area contributed by atoms with Crippen LogP contribution in [0.5, 0.6) is 0 Å². The van der Waals surface area contributed by atoms with Gasteiger partial charge in [0.05, 0.1) is 10.7 Å². The summed E-state index contributed by atoms with van der Waals surface area (Å²) >= 11 is 6.34. The highest BCUT2D eigenvalue weighted by molar-refractivity contribution is 6.33. The van der Waals surface area contributed by atoms with Gasteiger partial charge in [0.15, 0.2) is 0 Å². The number of aryl methyl sites for hydroxylation is 2. The summed E-state index contributed by atoms with van der Waals surface area (Å²) in [6.07, 6.45) is 2.29. The zero-order valence-corrected chi connectivity index (χ0v) is 11.7. The molecule has 3 rings (SSSR count). The Bertz CT molecular complexity index is 622. The van der Waals surface area contributed by atoms with Gasteiger partial charge in [0, 0.05) is 17.9 Å². The van der Waals surface area contributed by atoms with Gasteiger partial charge in [-0.15, -0.1) is 0 Å². The molecule has 0 bridgehead atoms. The molecule has 0 fully saturated rings. The van der Waals surface area contributed by atoms with Crippen LogP contribution in [-0.2, 0) is 6.42 Å². The first kappa shape index (κ1) is 12.4. The minimum Gasteiger partial charge on any atom is -0.399 e. The summed E-state index contributed by atoms with van der Waals surface area (Å²) < 4.78 is 0. The van der Waals surface area contributed by atoms with Crippen molar-refractivity contribution in [3.05, 3.63) is 52.5 Å². The quantitative estimate of drug-likeness (QED) is 0.784. The first-order chi connectivity index (χ1) is 9.15. The highest BCUT2D eigenvalue weighted by atomic mass is 35.5. The summed E-state index contributed by atoms with van der Waals surface area (Å²) in [5.41, 5.74) is 11.5. The van der Waals surface area contributed by atoms with Gasteiger partial charge < -0.3 is 10.6 Å². The number of rotatable bonds is 1. The van der Waals surface area contributed by atoms with Crippen molar-refractivity contribution in [2.75, 3.05) is 17.2 Å². The number of hydrogen-bond acceptors (Lipinski definition) is 2. The zero-order valence-electron chi connectivity index (χ0n) is 11.0. The van der Waals surface area contributed by atoms with E-state index in [1.165, 1.54) is 16.8 Å². The highest BCUT2D eigenvalue weighted by Gasteiger charge is 2.19. The van der Waals surface area contributed by atoms with E-state index in [4.69, 9.17) is 17.3 Å². The largest absolute Gasteiger partial charge is 0.399 e. The molecule has 0 aliphatic carbocycles. The Morgan fingerprint density at radius 2 is 1.89 bits per heavy atom. The molecule has 0 unspecified atom stereocenters. The molecule has 1 aliphatic heterocycles. The van der Waals surface area contributed by atoms with E-state index in [9.17, 15) is 0 Å². The molecule has 0 spiro atoms. The van der Waals surface area contributed by atoms with E-state index in [1.54, 1.807) is 0 Å². The monoisotopic (exact) mass is 272 g/mol. The maximum absolute atomic E-state index is 6.34. The van der Waals surface area contributed by atoms with Gasteiger partial charge in [0.2, 0.25) is 0 Å². The van der Waals surface area contributed by atoms with Gasteiger partial charge in [0.1, 0.15) is 0 Å². The van der Waals surface area contributed by atoms with Crippen molar-refractivity contribution in [2.24, 2.45) is 0 Å². The number of nitrogen functional groups attached to an aromatic ring is 1. The van der Waals surface area contributed by atoms with Crippen LogP contribution in [0.1, 0.15) is 17.5 Å². The minimum atomic E-state index is 0.704. The number of hydrogen-bond donors (Lipinski definition) is 1. The van der Waals surface area contributed by atoms with E-state index in [1.807, 2.05) is 18.2 Å². The Morgan fingerprint density at radius 1 is 1.11 bits per heavy atom. The van der Waals surface area contributed by atoms with Crippen LogP contribution in [-0.4, -0.2) is 6.54 Å². The Balaban J connectivity index is 2.08. The lowest BCUT2D eigenvalue weighted by atomic mass is 9.99. The standard InChI is InChI=1S/C16H17ClN2/c1-11-4-6-15-12(9-11)3-2-8-19(15)16-7-5-13(18)10-14(16)17/h4-7,9-10H,2-3,8,18H2,1H3. The highest BCUT2D eigenvalue weighted by Crippen LogP contribution is 2.38. The van der Waals surface area contributed by atoms with Gasteiger partial charge in [0.25, 0.3) is 0 Å². The number of anilines is 3. The molecule has 19 heavy (non-hydrogen) atoms. The van der Waals surface area contributed by atoms with Crippen molar-refractivity contribution in [2.45, 2.75) is 19.8 Å². The Kier molecular flexibility index (Phi) is 3.11. The number of benzene rings is 2. The maximum atomic E-state index is 6.34. The van der Waals surface area contributed by atoms with Crippen molar-refractivity contribution >= 4 is 28.7 Å². The first-order valence-electron chi connectivity index (χ1n) is 6.57. The molecule has 3 heteroatoms. The van der Waals surface area contributed by atoms with Crippen LogP contribution in [0.4, 0.5) is 17.1 Å². The lowest BCUT2D eigenvalue weighted by Gasteiger charge is -2.32. The number of fused-ring (bicyclic) bond motifs is 1. The van der Waals surface area contributed by atoms with Crippen LogP contribution in [0.2, 0.25) is 5.02 Å². The van der Waals surface area contributed by atoms with Crippen LogP contribution >= 0.6 is 11.6 Å². The van der Waals surface area contributed by atoms with E-state index in [0.717, 1.165) is 25.1 Å². The third kappa shape index (κ3) is 2.28. The van der Waals surface area contributed by atoms with Crippen LogP contribution in [0.25, 0.3) is 0 Å². The van der Waals surface area contributed by atoms with E-state index in [2.05, 4.69) is 30.0 Å². The van der Waals surface area contributed by atoms with Gasteiger partial charge in [-0.3, -0.25) is 0 Å². The lowest BCUT2D eigenvalue weighted by molar-refractivity contribution is 0.766. The average molecular weight is 273 g/mol. The molecular formula is C16H17ClN2. The van der Waals surface area contributed by atoms with Gasteiger partial charge in [-0.2, -0.15) is 0 Å². The average Bonchev–Trinajstić information content (AvgIpc) is 2.38. The van der Waals surface area contributed by atoms with Crippen molar-refractivity contribution in [3.8, 4) is 0 Å². The van der Waals surface area contributed by atoms with E-state index in [-0.39, 0.29) is 0 Å². The summed E-state index contributed by atoms with van der Waals surface area (Å²) in [7, 11) is 0. The molecule has 2 aromatic rings. The molecule has 0 amide bonds. The zero-order chi connectivity index (χ0) is 13.4. The second-order valence-corrected chi connectivity index (χ2v) is 5.51. The van der Waals surface area contributed by atoms with Crippen molar-refractivity contribution in [1.29, 1.82) is 0 Å². The van der Waals surface area contributed by atoms with Crippen LogP contribution in [0.15, 0.2) is 36.4 Å². The predicted octanol–water partition coefficient (Wildman–Crippen LogP) is 4.31. The third-order valence-electron chi connectivity index (χ3n) is 3.62. The van der Waals surface area contributed by atoms with Crippen molar-refractivity contribution in [3.63, 3.8) is 0 Å². The van der Waals surface area contributed by atoms with Crippen LogP contribution in [0, 0.1) is 6.92 Å². The topological polar surface area (TPSA) is 29.3 Å². The van der Waals surface area contributed by atoms with Gasteiger partial charge in [-0.05, 0) is 49.6 Å².